The fourth-order valence-electron chi connectivity index (χ4n) is 1.97. The number of rotatable bonds is 8. The van der Waals surface area contributed by atoms with Gasteiger partial charge in [0.25, 0.3) is 5.69 Å². The van der Waals surface area contributed by atoms with Gasteiger partial charge >= 0.3 is 11.7 Å². The van der Waals surface area contributed by atoms with Crippen molar-refractivity contribution >= 4 is 23.0 Å². The zero-order valence-corrected chi connectivity index (χ0v) is 11.2. The lowest BCUT2D eigenvalue weighted by Gasteiger charge is -2.22. The lowest BCUT2D eigenvalue weighted by atomic mass is 10.1. The third-order valence-electron chi connectivity index (χ3n) is 2.81. The quantitative estimate of drug-likeness (QED) is 0.441. The Balaban J connectivity index is 3.65. The van der Waals surface area contributed by atoms with Crippen LogP contribution in [0.3, 0.4) is 0 Å². The summed E-state index contributed by atoms with van der Waals surface area (Å²) in [4.78, 5) is 32.4. The summed E-state index contributed by atoms with van der Waals surface area (Å²) in [6, 6.07) is 1.86. The minimum absolute atomic E-state index is 0.113. The first kappa shape index (κ1) is 17.3. The molecule has 1 aromatic carbocycles. The molecule has 0 bridgehead atoms. The molecule has 22 heavy (non-hydrogen) atoms. The van der Waals surface area contributed by atoms with Gasteiger partial charge in [-0.25, -0.2) is 4.79 Å². The van der Waals surface area contributed by atoms with Crippen LogP contribution in [0.15, 0.2) is 12.1 Å². The van der Waals surface area contributed by atoms with E-state index in [4.69, 9.17) is 15.3 Å². The molecule has 0 amide bonds. The molecule has 120 valence electrons. The Hall–Kier alpha value is -2.79. The number of aliphatic hydroxyl groups is 2. The largest absolute Gasteiger partial charge is 0.477 e. The highest BCUT2D eigenvalue weighted by molar-refractivity contribution is 6.00. The second-order valence-corrected chi connectivity index (χ2v) is 4.08. The minimum Gasteiger partial charge on any atom is -0.477 e. The normalized spacial score (nSPS) is 10.3. The summed E-state index contributed by atoms with van der Waals surface area (Å²) in [7, 11) is 0. The van der Waals surface area contributed by atoms with Crippen molar-refractivity contribution in [2.24, 2.45) is 0 Å². The van der Waals surface area contributed by atoms with Gasteiger partial charge in [-0.2, -0.15) is 0 Å². The Morgan fingerprint density at radius 1 is 1.09 bits per heavy atom. The van der Waals surface area contributed by atoms with Crippen LogP contribution in [0, 0.1) is 20.2 Å². The monoisotopic (exact) mass is 315 g/mol. The number of nitro benzene ring substituents is 2. The number of hydrogen-bond acceptors (Lipinski definition) is 8. The van der Waals surface area contributed by atoms with Crippen molar-refractivity contribution in [1.82, 2.24) is 0 Å². The summed E-state index contributed by atoms with van der Waals surface area (Å²) >= 11 is 0. The van der Waals surface area contributed by atoms with Crippen molar-refractivity contribution in [1.29, 1.82) is 0 Å². The predicted molar refractivity (Wildman–Crippen MR) is 73.1 cm³/mol. The maximum Gasteiger partial charge on any atom is 0.349 e. The van der Waals surface area contributed by atoms with Crippen LogP contribution < -0.4 is 4.90 Å². The van der Waals surface area contributed by atoms with Crippen LogP contribution in [0.1, 0.15) is 10.4 Å². The van der Waals surface area contributed by atoms with E-state index in [9.17, 15) is 25.0 Å². The Morgan fingerprint density at radius 2 is 1.64 bits per heavy atom. The van der Waals surface area contributed by atoms with E-state index in [2.05, 4.69) is 0 Å². The van der Waals surface area contributed by atoms with Crippen LogP contribution in [0.2, 0.25) is 0 Å². The van der Waals surface area contributed by atoms with E-state index in [0.717, 1.165) is 12.1 Å². The molecule has 0 saturated carbocycles. The molecule has 0 aromatic heterocycles. The number of carbonyl (C=O) groups is 1. The number of nitrogens with zero attached hydrogens (tertiary/aromatic N) is 3. The van der Waals surface area contributed by atoms with E-state index in [0.29, 0.717) is 0 Å². The fraction of sp³-hybridized carbons (Fsp3) is 0.364. The third kappa shape index (κ3) is 3.45. The second-order valence-electron chi connectivity index (χ2n) is 4.08. The molecule has 3 N–H and O–H groups in total. The molecule has 0 atom stereocenters. The van der Waals surface area contributed by atoms with Crippen molar-refractivity contribution in [2.75, 3.05) is 31.2 Å². The second kappa shape index (κ2) is 7.28. The van der Waals surface area contributed by atoms with Crippen LogP contribution in [-0.2, 0) is 0 Å². The maximum absolute atomic E-state index is 11.2. The number of carboxylic acids is 1. The van der Waals surface area contributed by atoms with Gasteiger partial charge in [-0.1, -0.05) is 0 Å². The smallest absolute Gasteiger partial charge is 0.349 e. The van der Waals surface area contributed by atoms with Gasteiger partial charge in [-0.05, 0) is 6.07 Å². The summed E-state index contributed by atoms with van der Waals surface area (Å²) in [6.45, 7) is -1.04. The topological polar surface area (TPSA) is 167 Å². The van der Waals surface area contributed by atoms with Crippen molar-refractivity contribution in [3.63, 3.8) is 0 Å². The van der Waals surface area contributed by atoms with Gasteiger partial charge < -0.3 is 20.2 Å². The first-order chi connectivity index (χ1) is 10.3. The van der Waals surface area contributed by atoms with Crippen molar-refractivity contribution in [3.05, 3.63) is 37.9 Å². The van der Waals surface area contributed by atoms with Crippen LogP contribution >= 0.6 is 0 Å². The van der Waals surface area contributed by atoms with Crippen LogP contribution in [0.25, 0.3) is 0 Å². The summed E-state index contributed by atoms with van der Waals surface area (Å²) < 4.78 is 0. The lowest BCUT2D eigenvalue weighted by molar-refractivity contribution is -0.394. The number of aliphatic hydroxyl groups excluding tert-OH is 2. The molecule has 11 nitrogen and oxygen atoms in total. The van der Waals surface area contributed by atoms with Crippen molar-refractivity contribution < 1.29 is 30.0 Å². The van der Waals surface area contributed by atoms with Gasteiger partial charge in [-0.3, -0.25) is 20.2 Å². The Morgan fingerprint density at radius 3 is 2.00 bits per heavy atom. The molecule has 1 aromatic rings. The van der Waals surface area contributed by atoms with Crippen LogP contribution in [0.4, 0.5) is 17.1 Å². The summed E-state index contributed by atoms with van der Waals surface area (Å²) in [6.07, 6.45) is 0. The van der Waals surface area contributed by atoms with E-state index in [1.807, 2.05) is 0 Å². The molecule has 0 radical (unpaired) electrons. The van der Waals surface area contributed by atoms with E-state index in [-0.39, 0.29) is 18.8 Å². The van der Waals surface area contributed by atoms with Gasteiger partial charge in [0.2, 0.25) is 5.56 Å². The molecular formula is C11H13N3O8. The molecule has 0 aliphatic carbocycles. The van der Waals surface area contributed by atoms with Crippen LogP contribution in [-0.4, -0.2) is 57.4 Å². The van der Waals surface area contributed by atoms with Gasteiger partial charge in [0, 0.05) is 19.2 Å². The Labute approximate surface area is 123 Å². The number of hydrogen-bond donors (Lipinski definition) is 3. The molecule has 0 saturated heterocycles. The van der Waals surface area contributed by atoms with E-state index in [1.165, 1.54) is 4.90 Å². The zero-order chi connectivity index (χ0) is 16.9. The number of anilines is 1. The standard InChI is InChI=1S/C11H13N3O8/c15-5-3-12(4-6-16)8-2-1-7(13(19)20)9(11(17)18)10(8)14(21)22/h1-2,15-16H,3-6H2,(H,17,18). The third-order valence-corrected chi connectivity index (χ3v) is 2.81. The summed E-state index contributed by atoms with van der Waals surface area (Å²) in [5.74, 6) is -1.81. The summed E-state index contributed by atoms with van der Waals surface area (Å²) in [5, 5.41) is 49.1. The van der Waals surface area contributed by atoms with Crippen molar-refractivity contribution in [3.8, 4) is 0 Å². The molecule has 0 unspecified atom stereocenters. The van der Waals surface area contributed by atoms with Gasteiger partial charge in [0.05, 0.1) is 23.1 Å². The van der Waals surface area contributed by atoms with Crippen molar-refractivity contribution in [2.45, 2.75) is 0 Å². The fourth-order valence-corrected chi connectivity index (χ4v) is 1.97. The average Bonchev–Trinajstić information content (AvgIpc) is 2.45. The predicted octanol–water partition coefficient (Wildman–Crippen LogP) is -0.00780. The average molecular weight is 315 g/mol. The number of nitro groups is 2. The minimum atomic E-state index is -1.81. The highest BCUT2D eigenvalue weighted by atomic mass is 16.6. The molecule has 0 fully saturated rings. The molecule has 11 heteroatoms. The first-order valence-corrected chi connectivity index (χ1v) is 6.00. The molecule has 0 aliphatic rings. The van der Waals surface area contributed by atoms with Gasteiger partial charge in [-0.15, -0.1) is 0 Å². The summed E-state index contributed by atoms with van der Waals surface area (Å²) in [5.41, 5.74) is -3.14. The van der Waals surface area contributed by atoms with E-state index >= 15 is 0 Å². The SMILES string of the molecule is O=C(O)c1c([N+](=O)[O-])ccc(N(CCO)CCO)c1[N+](=O)[O-]. The first-order valence-electron chi connectivity index (χ1n) is 6.00. The van der Waals surface area contributed by atoms with E-state index in [1.54, 1.807) is 0 Å². The molecule has 0 heterocycles. The number of aromatic carboxylic acids is 1. The molecule has 0 aliphatic heterocycles. The zero-order valence-electron chi connectivity index (χ0n) is 11.2. The Bertz CT molecular complexity index is 597. The number of carboxylic acid groups (broad SMARTS) is 1. The molecular weight excluding hydrogens is 302 g/mol. The Kier molecular flexibility index (Phi) is 5.72. The maximum atomic E-state index is 11.2. The highest BCUT2D eigenvalue weighted by Crippen LogP contribution is 2.37. The van der Waals surface area contributed by atoms with Crippen LogP contribution in [0.5, 0.6) is 0 Å². The highest BCUT2D eigenvalue weighted by Gasteiger charge is 2.35. The van der Waals surface area contributed by atoms with E-state index < -0.39 is 46.0 Å². The van der Waals surface area contributed by atoms with Gasteiger partial charge in [0.15, 0.2) is 0 Å². The molecule has 0 spiro atoms. The van der Waals surface area contributed by atoms with Gasteiger partial charge in [0.1, 0.15) is 5.69 Å². The lowest BCUT2D eigenvalue weighted by Crippen LogP contribution is -2.30. The molecule has 1 rings (SSSR count). The number of benzene rings is 1.